The van der Waals surface area contributed by atoms with E-state index in [2.05, 4.69) is 58.8 Å². The van der Waals surface area contributed by atoms with Gasteiger partial charge in [-0.05, 0) is 53.8 Å². The van der Waals surface area contributed by atoms with Crippen LogP contribution in [0.4, 0.5) is 16.4 Å². The summed E-state index contributed by atoms with van der Waals surface area (Å²) < 4.78 is 4.69. The van der Waals surface area contributed by atoms with Crippen molar-refractivity contribution in [2.75, 3.05) is 12.0 Å². The number of esters is 1. The Morgan fingerprint density at radius 1 is 0.958 bits per heavy atom. The lowest BCUT2D eigenvalue weighted by Gasteiger charge is -2.23. The Morgan fingerprint density at radius 2 is 1.67 bits per heavy atom. The lowest BCUT2D eigenvalue weighted by Crippen LogP contribution is -2.08. The smallest absolute Gasteiger partial charge is 0.305 e. The molecule has 0 saturated carbocycles. The second kappa shape index (κ2) is 7.79. The number of carbonyl (C=O) groups is 1. The summed E-state index contributed by atoms with van der Waals surface area (Å²) in [4.78, 5) is 13.5. The predicted molar refractivity (Wildman–Crippen MR) is 99.3 cm³/mol. The fourth-order valence-corrected chi connectivity index (χ4v) is 3.31. The minimum Gasteiger partial charge on any atom is -0.469 e. The Hall–Kier alpha value is -2.59. The number of rotatable bonds is 6. The van der Waals surface area contributed by atoms with E-state index in [0.717, 1.165) is 16.9 Å². The molecule has 0 aliphatic carbocycles. The van der Waals surface area contributed by atoms with Crippen LogP contribution in [-0.2, 0) is 16.0 Å². The number of thiophene rings is 1. The molecular weight excluding hydrogens is 318 g/mol. The van der Waals surface area contributed by atoms with Crippen LogP contribution in [0.2, 0.25) is 0 Å². The number of hydrogen-bond donors (Lipinski definition) is 0. The van der Waals surface area contributed by atoms with Gasteiger partial charge in [-0.1, -0.05) is 30.3 Å². The summed E-state index contributed by atoms with van der Waals surface area (Å²) in [6.45, 7) is 0. The summed E-state index contributed by atoms with van der Waals surface area (Å²) in [7, 11) is 1.42. The fraction of sp³-hybridized carbons (Fsp3) is 0.150. The quantitative estimate of drug-likeness (QED) is 0.570. The van der Waals surface area contributed by atoms with Crippen LogP contribution >= 0.6 is 11.3 Å². The predicted octanol–water partition coefficient (Wildman–Crippen LogP) is 5.32. The molecule has 0 saturated heterocycles. The number of aryl methyl sites for hydroxylation is 1. The van der Waals surface area contributed by atoms with E-state index in [9.17, 15) is 4.79 Å². The maximum Gasteiger partial charge on any atom is 0.305 e. The molecule has 0 aliphatic rings. The lowest BCUT2D eigenvalue weighted by molar-refractivity contribution is -0.140. The van der Waals surface area contributed by atoms with Crippen LogP contribution in [0, 0.1) is 0 Å². The third-order valence-corrected chi connectivity index (χ3v) is 4.63. The molecule has 3 nitrogen and oxygen atoms in total. The first-order chi connectivity index (χ1) is 11.8. The topological polar surface area (TPSA) is 29.5 Å². The number of benzene rings is 2. The molecule has 0 unspecified atom stereocenters. The van der Waals surface area contributed by atoms with Crippen molar-refractivity contribution < 1.29 is 9.53 Å². The summed E-state index contributed by atoms with van der Waals surface area (Å²) in [5.74, 6) is -0.177. The largest absolute Gasteiger partial charge is 0.469 e. The lowest BCUT2D eigenvalue weighted by atomic mass is 10.1. The Bertz CT molecular complexity index is 767. The zero-order valence-corrected chi connectivity index (χ0v) is 14.3. The molecule has 1 aromatic heterocycles. The normalized spacial score (nSPS) is 10.4. The van der Waals surface area contributed by atoms with E-state index >= 15 is 0 Å². The van der Waals surface area contributed by atoms with Crippen LogP contribution in [-0.4, -0.2) is 13.1 Å². The van der Waals surface area contributed by atoms with Crippen LogP contribution in [0.15, 0.2) is 72.1 Å². The maximum absolute atomic E-state index is 11.3. The highest BCUT2D eigenvalue weighted by Gasteiger charge is 2.12. The highest BCUT2D eigenvalue weighted by atomic mass is 32.1. The fourth-order valence-electron chi connectivity index (χ4n) is 2.54. The molecule has 3 rings (SSSR count). The van der Waals surface area contributed by atoms with Crippen molar-refractivity contribution in [1.29, 1.82) is 0 Å². The van der Waals surface area contributed by atoms with Crippen LogP contribution in [0.5, 0.6) is 0 Å². The van der Waals surface area contributed by atoms with Gasteiger partial charge in [-0.3, -0.25) is 4.79 Å². The first kappa shape index (κ1) is 16.3. The standard InChI is InChI=1S/C20H19NO2S/c1-23-20(22)14-11-16-9-12-18(13-10-16)21(19-8-5-15-24-19)17-6-3-2-4-7-17/h2-10,12-13,15H,11,14H2,1H3. The molecule has 4 heteroatoms. The Morgan fingerprint density at radius 3 is 2.29 bits per heavy atom. The molecule has 1 heterocycles. The maximum atomic E-state index is 11.3. The van der Waals surface area contributed by atoms with Gasteiger partial charge in [0.05, 0.1) is 12.1 Å². The van der Waals surface area contributed by atoms with Crippen LogP contribution in [0.1, 0.15) is 12.0 Å². The Balaban J connectivity index is 1.85. The molecule has 0 N–H and O–H groups in total. The van der Waals surface area contributed by atoms with Gasteiger partial charge in [0.25, 0.3) is 0 Å². The second-order valence-corrected chi connectivity index (χ2v) is 6.29. The van der Waals surface area contributed by atoms with Gasteiger partial charge in [0.1, 0.15) is 0 Å². The van der Waals surface area contributed by atoms with Gasteiger partial charge in [-0.15, -0.1) is 11.3 Å². The number of para-hydroxylation sites is 1. The molecule has 0 fully saturated rings. The van der Waals surface area contributed by atoms with Crippen molar-refractivity contribution in [2.24, 2.45) is 0 Å². The highest BCUT2D eigenvalue weighted by molar-refractivity contribution is 7.14. The van der Waals surface area contributed by atoms with Crippen LogP contribution < -0.4 is 4.90 Å². The first-order valence-electron chi connectivity index (χ1n) is 7.82. The van der Waals surface area contributed by atoms with Gasteiger partial charge in [0.2, 0.25) is 0 Å². The summed E-state index contributed by atoms with van der Waals surface area (Å²) in [6.07, 6.45) is 1.10. The van der Waals surface area contributed by atoms with Gasteiger partial charge in [-0.2, -0.15) is 0 Å². The molecular formula is C20H19NO2S. The van der Waals surface area contributed by atoms with Crippen molar-refractivity contribution in [3.8, 4) is 0 Å². The minimum absolute atomic E-state index is 0.177. The molecule has 0 aliphatic heterocycles. The van der Waals surface area contributed by atoms with Crippen molar-refractivity contribution in [3.63, 3.8) is 0 Å². The zero-order chi connectivity index (χ0) is 16.8. The van der Waals surface area contributed by atoms with Gasteiger partial charge >= 0.3 is 5.97 Å². The van der Waals surface area contributed by atoms with E-state index in [1.54, 1.807) is 11.3 Å². The highest BCUT2D eigenvalue weighted by Crippen LogP contribution is 2.37. The number of hydrogen-bond acceptors (Lipinski definition) is 4. The summed E-state index contributed by atoms with van der Waals surface area (Å²) in [6, 6.07) is 22.8. The molecule has 3 aromatic rings. The van der Waals surface area contributed by atoms with E-state index in [1.165, 1.54) is 12.1 Å². The van der Waals surface area contributed by atoms with Gasteiger partial charge in [0, 0.05) is 17.8 Å². The number of carbonyl (C=O) groups excluding carboxylic acids is 1. The number of nitrogens with zero attached hydrogens (tertiary/aromatic N) is 1. The van der Waals surface area contributed by atoms with E-state index in [4.69, 9.17) is 4.74 Å². The molecule has 122 valence electrons. The monoisotopic (exact) mass is 337 g/mol. The van der Waals surface area contributed by atoms with E-state index in [-0.39, 0.29) is 5.97 Å². The Kier molecular flexibility index (Phi) is 5.29. The van der Waals surface area contributed by atoms with Crippen LogP contribution in [0.25, 0.3) is 0 Å². The number of anilines is 3. The molecule has 2 aromatic carbocycles. The SMILES string of the molecule is COC(=O)CCc1ccc(N(c2ccccc2)c2cccs2)cc1. The molecule has 0 bridgehead atoms. The number of ether oxygens (including phenoxy) is 1. The molecule has 0 amide bonds. The summed E-state index contributed by atoms with van der Waals surface area (Å²) in [5.41, 5.74) is 3.36. The zero-order valence-electron chi connectivity index (χ0n) is 13.5. The van der Waals surface area contributed by atoms with Crippen molar-refractivity contribution >= 4 is 33.7 Å². The van der Waals surface area contributed by atoms with E-state index in [0.29, 0.717) is 12.8 Å². The summed E-state index contributed by atoms with van der Waals surface area (Å²) >= 11 is 1.71. The minimum atomic E-state index is -0.177. The molecule has 0 spiro atoms. The van der Waals surface area contributed by atoms with Crippen molar-refractivity contribution in [1.82, 2.24) is 0 Å². The summed E-state index contributed by atoms with van der Waals surface area (Å²) in [5, 5.41) is 3.25. The van der Waals surface area contributed by atoms with Crippen LogP contribution in [0.3, 0.4) is 0 Å². The third kappa shape index (κ3) is 3.84. The second-order valence-electron chi connectivity index (χ2n) is 5.36. The van der Waals surface area contributed by atoms with Crippen molar-refractivity contribution in [3.05, 3.63) is 77.7 Å². The molecule has 0 radical (unpaired) electrons. The first-order valence-corrected chi connectivity index (χ1v) is 8.70. The van der Waals surface area contributed by atoms with Gasteiger partial charge < -0.3 is 9.64 Å². The number of methoxy groups -OCH3 is 1. The average Bonchev–Trinajstić information content (AvgIpc) is 3.16. The molecule has 0 atom stereocenters. The van der Waals surface area contributed by atoms with Gasteiger partial charge in [0.15, 0.2) is 0 Å². The average molecular weight is 337 g/mol. The van der Waals surface area contributed by atoms with Gasteiger partial charge in [-0.25, -0.2) is 0 Å². The Labute approximate surface area is 146 Å². The molecule has 24 heavy (non-hydrogen) atoms. The van der Waals surface area contributed by atoms with E-state index < -0.39 is 0 Å². The van der Waals surface area contributed by atoms with E-state index in [1.807, 2.05) is 18.2 Å². The van der Waals surface area contributed by atoms with Crippen molar-refractivity contribution in [2.45, 2.75) is 12.8 Å². The third-order valence-electron chi connectivity index (χ3n) is 3.78.